The smallest absolute Gasteiger partial charge is 0.410 e. The summed E-state index contributed by atoms with van der Waals surface area (Å²) in [5.74, 6) is 0.363. The predicted molar refractivity (Wildman–Crippen MR) is 132 cm³/mol. The highest BCUT2D eigenvalue weighted by molar-refractivity contribution is 7.20. The number of likely N-dealkylation sites (tertiary alicyclic amines) is 1. The Hall–Kier alpha value is -2.87. The number of hydrogen-bond donors (Lipinski definition) is 0. The van der Waals surface area contributed by atoms with Crippen molar-refractivity contribution in [2.24, 2.45) is 7.05 Å². The van der Waals surface area contributed by atoms with Crippen LogP contribution in [0.1, 0.15) is 57.2 Å². The zero-order valence-electron chi connectivity index (χ0n) is 20.0. The van der Waals surface area contributed by atoms with E-state index in [-0.39, 0.29) is 6.09 Å². The Morgan fingerprint density at radius 3 is 2.73 bits per heavy atom. The second-order valence-corrected chi connectivity index (χ2v) is 11.1. The molecule has 0 unspecified atom stereocenters. The standard InChI is InChI=1S/C25H31N5O2S/c1-16-11-18(12-19-13-28(5)27-22(16)19)21-15-30-14-20(26-23(30)33-21)17-7-6-9-29(10-8-17)24(31)32-25(2,3)4/h11-15,17H,6-10H2,1-5H3/t17-/m1/s1. The maximum absolute atomic E-state index is 12.5. The average molecular weight is 466 g/mol. The monoisotopic (exact) mass is 465 g/mol. The number of benzene rings is 1. The van der Waals surface area contributed by atoms with Crippen LogP contribution in [0, 0.1) is 6.92 Å². The van der Waals surface area contributed by atoms with Gasteiger partial charge in [-0.25, -0.2) is 9.78 Å². The Labute approximate surface area is 198 Å². The number of rotatable bonds is 2. The van der Waals surface area contributed by atoms with E-state index in [0.29, 0.717) is 12.5 Å². The summed E-state index contributed by atoms with van der Waals surface area (Å²) in [5.41, 5.74) is 4.10. The summed E-state index contributed by atoms with van der Waals surface area (Å²) < 4.78 is 9.58. The molecule has 33 heavy (non-hydrogen) atoms. The van der Waals surface area contributed by atoms with E-state index in [1.165, 1.54) is 16.0 Å². The molecule has 0 saturated carbocycles. The minimum absolute atomic E-state index is 0.209. The molecule has 0 radical (unpaired) electrons. The van der Waals surface area contributed by atoms with Crippen LogP contribution in [0.3, 0.4) is 0 Å². The lowest BCUT2D eigenvalue weighted by molar-refractivity contribution is 0.0256. The molecule has 0 spiro atoms. The second-order valence-electron chi connectivity index (χ2n) is 10.1. The van der Waals surface area contributed by atoms with Crippen molar-refractivity contribution < 1.29 is 9.53 Å². The van der Waals surface area contributed by atoms with Gasteiger partial charge in [-0.3, -0.25) is 9.08 Å². The predicted octanol–water partition coefficient (Wildman–Crippen LogP) is 5.76. The van der Waals surface area contributed by atoms with Crippen LogP contribution in [0.15, 0.2) is 30.7 Å². The normalized spacial score (nSPS) is 17.6. The molecule has 8 heteroatoms. The Balaban J connectivity index is 1.33. The van der Waals surface area contributed by atoms with Crippen LogP contribution in [0.2, 0.25) is 0 Å². The summed E-state index contributed by atoms with van der Waals surface area (Å²) in [5, 5.41) is 5.71. The first kappa shape index (κ1) is 21.9. The lowest BCUT2D eigenvalue weighted by Gasteiger charge is -2.26. The summed E-state index contributed by atoms with van der Waals surface area (Å²) in [6.07, 6.45) is 9.11. The Morgan fingerprint density at radius 1 is 1.15 bits per heavy atom. The summed E-state index contributed by atoms with van der Waals surface area (Å²) >= 11 is 1.72. The van der Waals surface area contributed by atoms with E-state index in [1.54, 1.807) is 11.3 Å². The Morgan fingerprint density at radius 2 is 1.97 bits per heavy atom. The quantitative estimate of drug-likeness (QED) is 0.377. The zero-order chi connectivity index (χ0) is 23.3. The molecule has 1 aromatic carbocycles. The molecule has 1 amide bonds. The van der Waals surface area contributed by atoms with Crippen molar-refractivity contribution in [2.45, 2.75) is 58.5 Å². The maximum atomic E-state index is 12.5. The number of nitrogens with zero attached hydrogens (tertiary/aromatic N) is 5. The third-order valence-corrected chi connectivity index (χ3v) is 7.22. The van der Waals surface area contributed by atoms with Crippen LogP contribution < -0.4 is 0 Å². The fourth-order valence-corrected chi connectivity index (χ4v) is 5.58. The summed E-state index contributed by atoms with van der Waals surface area (Å²) in [6.45, 7) is 9.30. The topological polar surface area (TPSA) is 64.7 Å². The molecule has 0 aliphatic carbocycles. The third kappa shape index (κ3) is 4.49. The Kier molecular flexibility index (Phi) is 5.43. The molecule has 4 heterocycles. The largest absolute Gasteiger partial charge is 0.444 e. The number of aryl methyl sites for hydroxylation is 2. The van der Waals surface area contributed by atoms with Crippen LogP contribution in [0.5, 0.6) is 0 Å². The van der Waals surface area contributed by atoms with Gasteiger partial charge in [-0.1, -0.05) is 11.3 Å². The molecule has 1 aliphatic rings. The lowest BCUT2D eigenvalue weighted by atomic mass is 9.98. The van der Waals surface area contributed by atoms with E-state index in [0.717, 1.165) is 47.4 Å². The number of hydrogen-bond acceptors (Lipinski definition) is 5. The van der Waals surface area contributed by atoms with Gasteiger partial charge < -0.3 is 9.64 Å². The summed E-state index contributed by atoms with van der Waals surface area (Å²) in [6, 6.07) is 4.41. The first-order chi connectivity index (χ1) is 15.7. The highest BCUT2D eigenvalue weighted by Crippen LogP contribution is 2.34. The minimum Gasteiger partial charge on any atom is -0.444 e. The highest BCUT2D eigenvalue weighted by atomic mass is 32.1. The fourth-order valence-electron chi connectivity index (χ4n) is 4.62. The summed E-state index contributed by atoms with van der Waals surface area (Å²) in [7, 11) is 1.96. The van der Waals surface area contributed by atoms with Crippen molar-refractivity contribution >= 4 is 33.3 Å². The van der Waals surface area contributed by atoms with Crippen LogP contribution in [0.4, 0.5) is 4.79 Å². The van der Waals surface area contributed by atoms with Gasteiger partial charge in [0.2, 0.25) is 0 Å². The molecule has 7 nitrogen and oxygen atoms in total. The molecule has 0 N–H and O–H groups in total. The van der Waals surface area contributed by atoms with Gasteiger partial charge in [0, 0.05) is 50.0 Å². The van der Waals surface area contributed by atoms with Crippen molar-refractivity contribution in [3.63, 3.8) is 0 Å². The van der Waals surface area contributed by atoms with Crippen molar-refractivity contribution in [3.8, 4) is 10.4 Å². The van der Waals surface area contributed by atoms with Crippen LogP contribution in [-0.2, 0) is 11.8 Å². The number of amides is 1. The number of carbonyl (C=O) groups excluding carboxylic acids is 1. The van der Waals surface area contributed by atoms with Crippen LogP contribution >= 0.6 is 11.3 Å². The number of imidazole rings is 1. The third-order valence-electron chi connectivity index (χ3n) is 6.17. The van der Waals surface area contributed by atoms with E-state index >= 15 is 0 Å². The van der Waals surface area contributed by atoms with Gasteiger partial charge in [0.05, 0.1) is 16.1 Å². The zero-order valence-corrected chi connectivity index (χ0v) is 20.8. The molecule has 1 fully saturated rings. The van der Waals surface area contributed by atoms with Crippen LogP contribution in [0.25, 0.3) is 26.3 Å². The Bertz CT molecular complexity index is 1290. The molecular weight excluding hydrogens is 434 g/mol. The number of thiazole rings is 1. The van der Waals surface area contributed by atoms with E-state index in [9.17, 15) is 4.79 Å². The van der Waals surface area contributed by atoms with Gasteiger partial charge in [-0.15, -0.1) is 0 Å². The van der Waals surface area contributed by atoms with Crippen molar-refractivity contribution in [1.82, 2.24) is 24.1 Å². The molecule has 3 aromatic heterocycles. The van der Waals surface area contributed by atoms with Crippen molar-refractivity contribution in [3.05, 3.63) is 42.0 Å². The molecule has 0 bridgehead atoms. The average Bonchev–Trinajstić information content (AvgIpc) is 3.34. The number of aromatic nitrogens is 4. The first-order valence-corrected chi connectivity index (χ1v) is 12.4. The van der Waals surface area contributed by atoms with Gasteiger partial charge in [-0.2, -0.15) is 5.10 Å². The van der Waals surface area contributed by atoms with E-state index in [1.807, 2.05) is 37.4 Å². The van der Waals surface area contributed by atoms with E-state index < -0.39 is 5.60 Å². The summed E-state index contributed by atoms with van der Waals surface area (Å²) in [4.78, 5) is 21.5. The second kappa shape index (κ2) is 8.17. The van der Waals surface area contributed by atoms with Crippen molar-refractivity contribution in [2.75, 3.05) is 13.1 Å². The lowest BCUT2D eigenvalue weighted by Crippen LogP contribution is -2.37. The number of ether oxygens (including phenoxy) is 1. The molecule has 5 rings (SSSR count). The fraction of sp³-hybridized carbons (Fsp3) is 0.480. The van der Waals surface area contributed by atoms with Gasteiger partial charge in [0.15, 0.2) is 4.96 Å². The van der Waals surface area contributed by atoms with E-state index in [4.69, 9.17) is 9.72 Å². The van der Waals surface area contributed by atoms with Gasteiger partial charge >= 0.3 is 6.09 Å². The van der Waals surface area contributed by atoms with Gasteiger partial charge in [0.1, 0.15) is 5.60 Å². The van der Waals surface area contributed by atoms with Gasteiger partial charge in [-0.05, 0) is 70.2 Å². The maximum Gasteiger partial charge on any atom is 0.410 e. The number of carbonyl (C=O) groups is 1. The highest BCUT2D eigenvalue weighted by Gasteiger charge is 2.27. The van der Waals surface area contributed by atoms with Crippen molar-refractivity contribution in [1.29, 1.82) is 0 Å². The molecule has 1 atom stereocenters. The molecule has 4 aromatic rings. The SMILES string of the molecule is Cc1cc(-c2cn3cc([C@@H]4CCCN(C(=O)OC(C)(C)C)CC4)nc3s2)cc2cn(C)nc12. The molecule has 1 saturated heterocycles. The molecule has 1 aliphatic heterocycles. The van der Waals surface area contributed by atoms with E-state index in [2.05, 4.69) is 47.1 Å². The molecule has 174 valence electrons. The number of fused-ring (bicyclic) bond motifs is 2. The minimum atomic E-state index is -0.463. The van der Waals surface area contributed by atoms with Gasteiger partial charge in [0.25, 0.3) is 0 Å². The van der Waals surface area contributed by atoms with Crippen LogP contribution in [-0.4, -0.2) is 48.8 Å². The molecular formula is C25H31N5O2S. The first-order valence-electron chi connectivity index (χ1n) is 11.6.